The summed E-state index contributed by atoms with van der Waals surface area (Å²) in [7, 11) is 0. The predicted molar refractivity (Wildman–Crippen MR) is 81.9 cm³/mol. The zero-order chi connectivity index (χ0) is 13.9. The summed E-state index contributed by atoms with van der Waals surface area (Å²) < 4.78 is 6.33. The van der Waals surface area contributed by atoms with Gasteiger partial charge in [-0.25, -0.2) is 0 Å². The van der Waals surface area contributed by atoms with Gasteiger partial charge in [0.1, 0.15) is 0 Å². The largest absolute Gasteiger partial charge is 0.459 e. The normalized spacial score (nSPS) is 16.6. The summed E-state index contributed by atoms with van der Waals surface area (Å²) >= 11 is 5.25. The second-order valence-corrected chi connectivity index (χ2v) is 7.30. The molecule has 106 valence electrons. The molecule has 0 radical (unpaired) electrons. The number of carbonyl (C=O) groups excluding carboxylic acids is 1. The second kappa shape index (κ2) is 6.11. The fourth-order valence-electron chi connectivity index (χ4n) is 2.32. The van der Waals surface area contributed by atoms with E-state index < -0.39 is 0 Å². The molecule has 0 atom stereocenters. The molecule has 0 unspecified atom stereocenters. The van der Waals surface area contributed by atoms with Crippen LogP contribution < -0.4 is 0 Å². The van der Waals surface area contributed by atoms with Gasteiger partial charge in [-0.3, -0.25) is 9.69 Å². The van der Waals surface area contributed by atoms with Gasteiger partial charge in [-0.1, -0.05) is 0 Å². The third-order valence-corrected chi connectivity index (χ3v) is 5.01. The summed E-state index contributed by atoms with van der Waals surface area (Å²) in [5.74, 6) is 0.425. The topological polar surface area (TPSA) is 36.7 Å². The molecule has 0 spiro atoms. The lowest BCUT2D eigenvalue weighted by Crippen LogP contribution is -2.48. The van der Waals surface area contributed by atoms with E-state index in [0.717, 1.165) is 32.7 Å². The minimum Gasteiger partial charge on any atom is -0.459 e. The number of piperazine rings is 1. The quantitative estimate of drug-likeness (QED) is 0.849. The molecule has 3 rings (SSSR count). The third-order valence-electron chi connectivity index (χ3n) is 3.40. The average Bonchev–Trinajstić information content (AvgIpc) is 3.11. The molecular formula is C14H15BrN2O2S. The van der Waals surface area contributed by atoms with Crippen molar-refractivity contribution in [3.63, 3.8) is 0 Å². The molecule has 1 saturated heterocycles. The maximum Gasteiger partial charge on any atom is 0.289 e. The summed E-state index contributed by atoms with van der Waals surface area (Å²) in [6.45, 7) is 4.28. The first-order valence-corrected chi connectivity index (χ1v) is 8.13. The SMILES string of the molecule is O=C(c1ccco1)N1CCN(Cc2ccc(Br)s2)CC1. The number of nitrogens with zero attached hydrogens (tertiary/aromatic N) is 2. The van der Waals surface area contributed by atoms with Crippen molar-refractivity contribution in [2.45, 2.75) is 6.54 Å². The molecule has 0 N–H and O–H groups in total. The lowest BCUT2D eigenvalue weighted by atomic mass is 10.2. The number of hydrogen-bond donors (Lipinski definition) is 0. The highest BCUT2D eigenvalue weighted by Crippen LogP contribution is 2.23. The van der Waals surface area contributed by atoms with Crippen molar-refractivity contribution < 1.29 is 9.21 Å². The first-order chi connectivity index (χ1) is 9.72. The number of hydrogen-bond acceptors (Lipinski definition) is 4. The number of furan rings is 1. The van der Waals surface area contributed by atoms with Gasteiger partial charge in [0.25, 0.3) is 5.91 Å². The highest BCUT2D eigenvalue weighted by Gasteiger charge is 2.23. The maximum absolute atomic E-state index is 12.1. The molecule has 0 aromatic carbocycles. The van der Waals surface area contributed by atoms with E-state index >= 15 is 0 Å². The molecule has 0 saturated carbocycles. The first-order valence-electron chi connectivity index (χ1n) is 6.52. The minimum atomic E-state index is -0.00600. The Morgan fingerprint density at radius 2 is 2.05 bits per heavy atom. The van der Waals surface area contributed by atoms with Gasteiger partial charge in [0.05, 0.1) is 10.0 Å². The summed E-state index contributed by atoms with van der Waals surface area (Å²) in [6.07, 6.45) is 1.54. The van der Waals surface area contributed by atoms with Crippen molar-refractivity contribution in [1.82, 2.24) is 9.80 Å². The van der Waals surface area contributed by atoms with Crippen LogP contribution in [0, 0.1) is 0 Å². The van der Waals surface area contributed by atoms with Crippen molar-refractivity contribution in [1.29, 1.82) is 0 Å². The van der Waals surface area contributed by atoms with Gasteiger partial charge in [0.2, 0.25) is 0 Å². The van der Waals surface area contributed by atoms with Crippen LogP contribution in [-0.4, -0.2) is 41.9 Å². The molecule has 2 aromatic heterocycles. The van der Waals surface area contributed by atoms with Crippen LogP contribution in [0.3, 0.4) is 0 Å². The molecular weight excluding hydrogens is 340 g/mol. The molecule has 6 heteroatoms. The smallest absolute Gasteiger partial charge is 0.289 e. The van der Waals surface area contributed by atoms with Crippen molar-refractivity contribution in [2.24, 2.45) is 0 Å². The Morgan fingerprint density at radius 1 is 1.25 bits per heavy atom. The van der Waals surface area contributed by atoms with E-state index in [1.165, 1.54) is 14.9 Å². The van der Waals surface area contributed by atoms with Crippen LogP contribution >= 0.6 is 27.3 Å². The van der Waals surface area contributed by atoms with Crippen molar-refractivity contribution >= 4 is 33.2 Å². The zero-order valence-corrected chi connectivity index (χ0v) is 13.3. The number of rotatable bonds is 3. The Hall–Kier alpha value is -1.11. The van der Waals surface area contributed by atoms with Crippen LogP contribution in [0.5, 0.6) is 0 Å². The minimum absolute atomic E-state index is 0.00600. The van der Waals surface area contributed by atoms with Gasteiger partial charge in [-0.05, 0) is 40.2 Å². The number of carbonyl (C=O) groups is 1. The molecule has 4 nitrogen and oxygen atoms in total. The Morgan fingerprint density at radius 3 is 2.65 bits per heavy atom. The molecule has 1 aliphatic rings. The van der Waals surface area contributed by atoms with Crippen LogP contribution in [0.2, 0.25) is 0 Å². The number of amides is 1. The fraction of sp³-hybridized carbons (Fsp3) is 0.357. The average molecular weight is 355 g/mol. The van der Waals surface area contributed by atoms with Gasteiger partial charge >= 0.3 is 0 Å². The second-order valence-electron chi connectivity index (χ2n) is 4.75. The van der Waals surface area contributed by atoms with Crippen LogP contribution in [0.1, 0.15) is 15.4 Å². The first kappa shape index (κ1) is 13.9. The molecule has 1 aliphatic heterocycles. The Labute approximate surface area is 130 Å². The van der Waals surface area contributed by atoms with Gasteiger partial charge in [0, 0.05) is 37.6 Å². The van der Waals surface area contributed by atoms with E-state index in [1.54, 1.807) is 23.5 Å². The molecule has 1 amide bonds. The van der Waals surface area contributed by atoms with Crippen LogP contribution in [-0.2, 0) is 6.54 Å². The molecule has 2 aromatic rings. The van der Waals surface area contributed by atoms with E-state index in [0.29, 0.717) is 5.76 Å². The lowest BCUT2D eigenvalue weighted by molar-refractivity contribution is 0.0599. The van der Waals surface area contributed by atoms with Gasteiger partial charge in [-0.15, -0.1) is 11.3 Å². The van der Waals surface area contributed by atoms with E-state index in [9.17, 15) is 4.79 Å². The fourth-order valence-corrected chi connectivity index (χ4v) is 3.85. The van der Waals surface area contributed by atoms with Gasteiger partial charge in [0.15, 0.2) is 5.76 Å². The number of halogens is 1. The van der Waals surface area contributed by atoms with E-state index in [4.69, 9.17) is 4.42 Å². The highest BCUT2D eigenvalue weighted by atomic mass is 79.9. The van der Waals surface area contributed by atoms with E-state index in [2.05, 4.69) is 33.0 Å². The van der Waals surface area contributed by atoms with Gasteiger partial charge in [-0.2, -0.15) is 0 Å². The molecule has 20 heavy (non-hydrogen) atoms. The van der Waals surface area contributed by atoms with Crippen LogP contribution in [0.15, 0.2) is 38.7 Å². The molecule has 1 fully saturated rings. The monoisotopic (exact) mass is 354 g/mol. The third kappa shape index (κ3) is 3.13. The van der Waals surface area contributed by atoms with Crippen molar-refractivity contribution in [2.75, 3.05) is 26.2 Å². The van der Waals surface area contributed by atoms with Crippen molar-refractivity contribution in [3.8, 4) is 0 Å². The Bertz CT molecular complexity index is 574. The van der Waals surface area contributed by atoms with E-state index in [-0.39, 0.29) is 5.91 Å². The number of thiophene rings is 1. The summed E-state index contributed by atoms with van der Waals surface area (Å²) in [5.41, 5.74) is 0. The van der Waals surface area contributed by atoms with Gasteiger partial charge < -0.3 is 9.32 Å². The molecule has 3 heterocycles. The lowest BCUT2D eigenvalue weighted by Gasteiger charge is -2.34. The Kier molecular flexibility index (Phi) is 4.24. The Balaban J connectivity index is 1.53. The predicted octanol–water partition coefficient (Wildman–Crippen LogP) is 3.06. The highest BCUT2D eigenvalue weighted by molar-refractivity contribution is 9.11. The molecule has 0 aliphatic carbocycles. The summed E-state index contributed by atoms with van der Waals surface area (Å²) in [6, 6.07) is 7.70. The summed E-state index contributed by atoms with van der Waals surface area (Å²) in [5, 5.41) is 0. The van der Waals surface area contributed by atoms with Crippen LogP contribution in [0.25, 0.3) is 0 Å². The van der Waals surface area contributed by atoms with Crippen molar-refractivity contribution in [3.05, 3.63) is 45.0 Å². The van der Waals surface area contributed by atoms with Crippen LogP contribution in [0.4, 0.5) is 0 Å². The molecule has 0 bridgehead atoms. The zero-order valence-electron chi connectivity index (χ0n) is 10.9. The summed E-state index contributed by atoms with van der Waals surface area (Å²) in [4.78, 5) is 17.7. The standard InChI is InChI=1S/C14H15BrN2O2S/c15-13-4-3-11(20-13)10-16-5-7-17(8-6-16)14(18)12-2-1-9-19-12/h1-4,9H,5-8,10H2. The maximum atomic E-state index is 12.1. The van der Waals surface area contributed by atoms with E-state index in [1.807, 2.05) is 4.90 Å².